The van der Waals surface area contributed by atoms with Gasteiger partial charge in [-0.25, -0.2) is 25.0 Å². The molecule has 0 bridgehead atoms. The van der Waals surface area contributed by atoms with Gasteiger partial charge in [0.05, 0.1) is 23.3 Å². The highest BCUT2D eigenvalue weighted by Crippen LogP contribution is 2.25. The summed E-state index contributed by atoms with van der Waals surface area (Å²) in [5.74, 6) is -0.541. The van der Waals surface area contributed by atoms with Crippen LogP contribution in [0.1, 0.15) is 52.0 Å². The van der Waals surface area contributed by atoms with E-state index in [0.717, 1.165) is 22.0 Å². The fourth-order valence-corrected chi connectivity index (χ4v) is 4.25. The van der Waals surface area contributed by atoms with Gasteiger partial charge in [0.2, 0.25) is 0 Å². The highest BCUT2D eigenvalue weighted by atomic mass is 16.6. The average molecular weight is 575 g/mol. The monoisotopic (exact) mass is 574 g/mol. The molecule has 0 radical (unpaired) electrons. The standard InChI is InChI=1S/C31H38N6O5/c1-30(2,3)41-28(39)34-37(23-11-9-10-22(20-23)25-12-7-8-15-32-25)27(38)26-14-13-24(21-33-26)35-16-18-36(19-17-35)29(40)42-31(4,5)6/h7-15,20-21H,16-19H2,1-6H3,(H,34,39). The minimum Gasteiger partial charge on any atom is -0.444 e. The molecule has 11 heteroatoms. The van der Waals surface area contributed by atoms with E-state index in [1.165, 1.54) is 0 Å². The second kappa shape index (κ2) is 12.5. The largest absolute Gasteiger partial charge is 0.444 e. The van der Waals surface area contributed by atoms with Gasteiger partial charge >= 0.3 is 12.2 Å². The first-order valence-corrected chi connectivity index (χ1v) is 13.8. The molecule has 0 unspecified atom stereocenters. The van der Waals surface area contributed by atoms with Gasteiger partial charge in [-0.15, -0.1) is 0 Å². The predicted octanol–water partition coefficient (Wildman–Crippen LogP) is 5.29. The van der Waals surface area contributed by atoms with Gasteiger partial charge < -0.3 is 19.3 Å². The zero-order chi connectivity index (χ0) is 30.5. The quantitative estimate of drug-likeness (QED) is 0.418. The summed E-state index contributed by atoms with van der Waals surface area (Å²) in [4.78, 5) is 51.4. The van der Waals surface area contributed by atoms with Crippen LogP contribution in [0.5, 0.6) is 0 Å². The molecule has 11 nitrogen and oxygen atoms in total. The summed E-state index contributed by atoms with van der Waals surface area (Å²) in [6.45, 7) is 13.0. The van der Waals surface area contributed by atoms with Crippen molar-refractivity contribution in [3.8, 4) is 11.3 Å². The van der Waals surface area contributed by atoms with Crippen LogP contribution in [0.3, 0.4) is 0 Å². The Morgan fingerprint density at radius 1 is 0.833 bits per heavy atom. The molecule has 222 valence electrons. The maximum atomic E-state index is 13.7. The Hall–Kier alpha value is -4.67. The summed E-state index contributed by atoms with van der Waals surface area (Å²) in [7, 11) is 0. The van der Waals surface area contributed by atoms with Crippen LogP contribution >= 0.6 is 0 Å². The third-order valence-corrected chi connectivity index (χ3v) is 6.13. The molecule has 0 aliphatic carbocycles. The van der Waals surface area contributed by atoms with Crippen molar-refractivity contribution in [3.63, 3.8) is 0 Å². The SMILES string of the molecule is CC(C)(C)OC(=O)NN(C(=O)c1ccc(N2CCN(C(=O)OC(C)(C)C)CC2)cn1)c1cccc(-c2ccccn2)c1. The molecule has 1 saturated heterocycles. The molecule has 3 aromatic rings. The number of piperazine rings is 1. The Labute approximate surface area is 246 Å². The van der Waals surface area contributed by atoms with E-state index in [1.54, 1.807) is 68.4 Å². The Morgan fingerprint density at radius 2 is 1.55 bits per heavy atom. The van der Waals surface area contributed by atoms with E-state index < -0.39 is 23.2 Å². The van der Waals surface area contributed by atoms with E-state index in [1.807, 2.05) is 45.0 Å². The fraction of sp³-hybridized carbons (Fsp3) is 0.387. The number of ether oxygens (including phenoxy) is 2. The van der Waals surface area contributed by atoms with Gasteiger partial charge in [-0.2, -0.15) is 0 Å². The number of hydrogen-bond donors (Lipinski definition) is 1. The highest BCUT2D eigenvalue weighted by Gasteiger charge is 2.28. The predicted molar refractivity (Wildman–Crippen MR) is 160 cm³/mol. The van der Waals surface area contributed by atoms with E-state index in [0.29, 0.717) is 31.9 Å². The van der Waals surface area contributed by atoms with Crippen LogP contribution < -0.4 is 15.3 Å². The van der Waals surface area contributed by atoms with Crippen molar-refractivity contribution < 1.29 is 23.9 Å². The van der Waals surface area contributed by atoms with E-state index in [-0.39, 0.29) is 11.8 Å². The zero-order valence-corrected chi connectivity index (χ0v) is 25.0. The number of rotatable bonds is 4. The van der Waals surface area contributed by atoms with Gasteiger partial charge in [0.25, 0.3) is 5.91 Å². The van der Waals surface area contributed by atoms with Crippen LogP contribution in [0.2, 0.25) is 0 Å². The van der Waals surface area contributed by atoms with Crippen LogP contribution in [-0.2, 0) is 9.47 Å². The van der Waals surface area contributed by atoms with Crippen molar-refractivity contribution in [1.29, 1.82) is 0 Å². The Bertz CT molecular complexity index is 1390. The molecule has 1 N–H and O–H groups in total. The molecule has 2 aromatic heterocycles. The minimum atomic E-state index is -0.779. The molecule has 0 atom stereocenters. The van der Waals surface area contributed by atoms with Crippen molar-refractivity contribution in [3.05, 3.63) is 72.7 Å². The lowest BCUT2D eigenvalue weighted by Crippen LogP contribution is -2.50. The molecule has 1 aliphatic rings. The summed E-state index contributed by atoms with van der Waals surface area (Å²) in [6.07, 6.45) is 2.20. The van der Waals surface area contributed by atoms with Crippen LogP contribution in [0.25, 0.3) is 11.3 Å². The third kappa shape index (κ3) is 8.18. The molecule has 0 saturated carbocycles. The van der Waals surface area contributed by atoms with Crippen molar-refractivity contribution >= 4 is 29.5 Å². The minimum absolute atomic E-state index is 0.130. The number of benzene rings is 1. The van der Waals surface area contributed by atoms with E-state index in [2.05, 4.69) is 20.3 Å². The number of carbonyl (C=O) groups excluding carboxylic acids is 3. The van der Waals surface area contributed by atoms with Gasteiger partial charge in [-0.3, -0.25) is 9.78 Å². The van der Waals surface area contributed by atoms with E-state index in [4.69, 9.17) is 9.47 Å². The molecule has 1 fully saturated rings. The molecule has 1 aliphatic heterocycles. The van der Waals surface area contributed by atoms with Crippen molar-refractivity contribution in [1.82, 2.24) is 20.3 Å². The van der Waals surface area contributed by atoms with Crippen LogP contribution in [-0.4, -0.2) is 70.3 Å². The number of hydrogen-bond acceptors (Lipinski definition) is 8. The number of amides is 3. The molecular formula is C31H38N6O5. The van der Waals surface area contributed by atoms with Crippen molar-refractivity contribution in [2.24, 2.45) is 0 Å². The number of aromatic nitrogens is 2. The maximum absolute atomic E-state index is 13.7. The van der Waals surface area contributed by atoms with Crippen LogP contribution in [0.15, 0.2) is 67.0 Å². The molecule has 1 aromatic carbocycles. The zero-order valence-electron chi connectivity index (χ0n) is 25.0. The Morgan fingerprint density at radius 3 is 2.14 bits per heavy atom. The number of hydrazine groups is 1. The smallest absolute Gasteiger partial charge is 0.427 e. The summed E-state index contributed by atoms with van der Waals surface area (Å²) in [5.41, 5.74) is 4.12. The average Bonchev–Trinajstić information content (AvgIpc) is 2.94. The van der Waals surface area contributed by atoms with Gasteiger partial charge in [0.15, 0.2) is 0 Å². The number of nitrogens with one attached hydrogen (secondary N) is 1. The molecular weight excluding hydrogens is 536 g/mol. The van der Waals surface area contributed by atoms with Gasteiger partial charge in [0.1, 0.15) is 16.9 Å². The van der Waals surface area contributed by atoms with E-state index >= 15 is 0 Å². The lowest BCUT2D eigenvalue weighted by Gasteiger charge is -2.36. The Kier molecular flexibility index (Phi) is 8.99. The second-order valence-corrected chi connectivity index (χ2v) is 11.9. The molecule has 42 heavy (non-hydrogen) atoms. The maximum Gasteiger partial charge on any atom is 0.427 e. The normalized spacial score (nSPS) is 13.8. The van der Waals surface area contributed by atoms with Crippen molar-refractivity contribution in [2.75, 3.05) is 36.1 Å². The summed E-state index contributed by atoms with van der Waals surface area (Å²) in [6, 6.07) is 16.1. The fourth-order valence-electron chi connectivity index (χ4n) is 4.25. The number of pyridine rings is 2. The van der Waals surface area contributed by atoms with Crippen LogP contribution in [0, 0.1) is 0 Å². The first-order valence-electron chi connectivity index (χ1n) is 13.8. The van der Waals surface area contributed by atoms with Crippen molar-refractivity contribution in [2.45, 2.75) is 52.7 Å². The second-order valence-electron chi connectivity index (χ2n) is 11.9. The number of nitrogens with zero attached hydrogens (tertiary/aromatic N) is 5. The van der Waals surface area contributed by atoms with Gasteiger partial charge in [0, 0.05) is 37.9 Å². The number of carbonyl (C=O) groups is 3. The molecule has 4 rings (SSSR count). The van der Waals surface area contributed by atoms with E-state index in [9.17, 15) is 14.4 Å². The highest BCUT2D eigenvalue weighted by molar-refractivity contribution is 6.06. The molecule has 3 heterocycles. The van der Waals surface area contributed by atoms with Crippen LogP contribution in [0.4, 0.5) is 21.0 Å². The third-order valence-electron chi connectivity index (χ3n) is 6.13. The topological polar surface area (TPSA) is 117 Å². The lowest BCUT2D eigenvalue weighted by molar-refractivity contribution is 0.0240. The van der Waals surface area contributed by atoms with Gasteiger partial charge in [-0.05, 0) is 77.9 Å². The van der Waals surface area contributed by atoms with Gasteiger partial charge in [-0.1, -0.05) is 18.2 Å². The first-order chi connectivity index (χ1) is 19.8. The molecule has 3 amide bonds. The lowest BCUT2D eigenvalue weighted by atomic mass is 10.1. The molecule has 0 spiro atoms. The first kappa shape index (κ1) is 30.3. The Balaban J connectivity index is 1.51. The number of anilines is 2. The summed E-state index contributed by atoms with van der Waals surface area (Å²) >= 11 is 0. The summed E-state index contributed by atoms with van der Waals surface area (Å²) < 4.78 is 10.9. The summed E-state index contributed by atoms with van der Waals surface area (Å²) in [5, 5.41) is 1.13.